The number of hydrogen-bond acceptors (Lipinski definition) is 2. The van der Waals surface area contributed by atoms with E-state index in [1.54, 1.807) is 0 Å². The summed E-state index contributed by atoms with van der Waals surface area (Å²) in [5.74, 6) is 4.17. The third-order valence-corrected chi connectivity index (χ3v) is 7.51. The van der Waals surface area contributed by atoms with Gasteiger partial charge in [0.25, 0.3) is 0 Å². The van der Waals surface area contributed by atoms with E-state index in [1.807, 2.05) is 0 Å². The van der Waals surface area contributed by atoms with Crippen molar-refractivity contribution in [3.05, 3.63) is 0 Å². The first-order chi connectivity index (χ1) is 14.4. The Kier molecular flexibility index (Phi) is 15.4. The molecule has 7 atom stereocenters. The van der Waals surface area contributed by atoms with Crippen molar-refractivity contribution in [2.45, 2.75) is 144 Å². The van der Waals surface area contributed by atoms with Gasteiger partial charge in [0.15, 0.2) is 0 Å². The standard InChI is InChI=1S/C28H56O2/c1-7-13-26(6)28-27(30-28)21-25(5)18-12-17-24(4)20-23(3)16-11-15-22(2)14-9-8-10-19-29/h22-29H,7-21H2,1-6H3. The summed E-state index contributed by atoms with van der Waals surface area (Å²) in [7, 11) is 0. The molecule has 2 nitrogen and oxygen atoms in total. The summed E-state index contributed by atoms with van der Waals surface area (Å²) in [6.07, 6.45) is 19.6. The highest BCUT2D eigenvalue weighted by atomic mass is 16.6. The molecule has 0 aliphatic carbocycles. The largest absolute Gasteiger partial charge is 0.396 e. The summed E-state index contributed by atoms with van der Waals surface area (Å²) in [4.78, 5) is 0. The van der Waals surface area contributed by atoms with E-state index in [2.05, 4.69) is 41.5 Å². The van der Waals surface area contributed by atoms with Gasteiger partial charge in [-0.15, -0.1) is 0 Å². The zero-order valence-corrected chi connectivity index (χ0v) is 21.5. The van der Waals surface area contributed by atoms with Gasteiger partial charge in [-0.2, -0.15) is 0 Å². The fourth-order valence-corrected chi connectivity index (χ4v) is 5.46. The van der Waals surface area contributed by atoms with Crippen LogP contribution in [0, 0.1) is 29.6 Å². The highest BCUT2D eigenvalue weighted by molar-refractivity contribution is 4.89. The molecule has 1 N–H and O–H groups in total. The monoisotopic (exact) mass is 424 g/mol. The summed E-state index contributed by atoms with van der Waals surface area (Å²) >= 11 is 0. The molecular weight excluding hydrogens is 368 g/mol. The Morgan fingerprint density at radius 2 is 1.23 bits per heavy atom. The molecule has 2 heteroatoms. The molecule has 0 aromatic rings. The lowest BCUT2D eigenvalue weighted by molar-refractivity contribution is 0.279. The van der Waals surface area contributed by atoms with Gasteiger partial charge < -0.3 is 9.84 Å². The Morgan fingerprint density at radius 1 is 0.667 bits per heavy atom. The van der Waals surface area contributed by atoms with Crippen molar-refractivity contribution in [2.75, 3.05) is 6.61 Å². The Bertz CT molecular complexity index is 396. The molecule has 0 saturated carbocycles. The minimum absolute atomic E-state index is 0.358. The Labute approximate surface area is 189 Å². The van der Waals surface area contributed by atoms with Gasteiger partial charge in [-0.3, -0.25) is 0 Å². The predicted molar refractivity (Wildman–Crippen MR) is 132 cm³/mol. The minimum Gasteiger partial charge on any atom is -0.396 e. The molecule has 0 aromatic carbocycles. The van der Waals surface area contributed by atoms with Crippen LogP contribution in [-0.2, 0) is 4.74 Å². The molecule has 1 saturated heterocycles. The van der Waals surface area contributed by atoms with Crippen LogP contribution in [0.1, 0.15) is 131 Å². The number of ether oxygens (including phenoxy) is 1. The number of epoxide rings is 1. The molecule has 1 aliphatic heterocycles. The first-order valence-corrected chi connectivity index (χ1v) is 13.6. The Morgan fingerprint density at radius 3 is 1.83 bits per heavy atom. The van der Waals surface area contributed by atoms with Crippen molar-refractivity contribution in [1.82, 2.24) is 0 Å². The van der Waals surface area contributed by atoms with Crippen LogP contribution in [0.15, 0.2) is 0 Å². The van der Waals surface area contributed by atoms with Gasteiger partial charge in [0, 0.05) is 6.61 Å². The van der Waals surface area contributed by atoms with Crippen LogP contribution in [0.25, 0.3) is 0 Å². The van der Waals surface area contributed by atoms with Crippen LogP contribution in [0.2, 0.25) is 0 Å². The van der Waals surface area contributed by atoms with Gasteiger partial charge in [0.05, 0.1) is 12.2 Å². The van der Waals surface area contributed by atoms with Gasteiger partial charge in [0.2, 0.25) is 0 Å². The van der Waals surface area contributed by atoms with E-state index in [-0.39, 0.29) is 0 Å². The SMILES string of the molecule is CCCC(C)C1OC1CC(C)CCCC(C)CC(C)CCCC(C)CCCCCO. The molecular formula is C28H56O2. The second-order valence-corrected chi connectivity index (χ2v) is 11.2. The maximum Gasteiger partial charge on any atom is 0.0867 e. The highest BCUT2D eigenvalue weighted by Gasteiger charge is 2.42. The van der Waals surface area contributed by atoms with E-state index >= 15 is 0 Å². The van der Waals surface area contributed by atoms with Gasteiger partial charge >= 0.3 is 0 Å². The normalized spacial score (nSPS) is 23.7. The lowest BCUT2D eigenvalue weighted by atomic mass is 9.87. The summed E-state index contributed by atoms with van der Waals surface area (Å²) in [6.45, 7) is 14.8. The highest BCUT2D eigenvalue weighted by Crippen LogP contribution is 2.37. The first kappa shape index (κ1) is 28.0. The zero-order valence-electron chi connectivity index (χ0n) is 21.5. The smallest absolute Gasteiger partial charge is 0.0867 e. The molecule has 180 valence electrons. The van der Waals surface area contributed by atoms with Gasteiger partial charge in [-0.25, -0.2) is 0 Å². The van der Waals surface area contributed by atoms with Gasteiger partial charge in [-0.1, -0.05) is 106 Å². The summed E-state index contributed by atoms with van der Waals surface area (Å²) in [6, 6.07) is 0. The molecule has 0 radical (unpaired) electrons. The average Bonchev–Trinajstić information content (AvgIpc) is 3.44. The summed E-state index contributed by atoms with van der Waals surface area (Å²) in [5.41, 5.74) is 0. The van der Waals surface area contributed by atoms with E-state index < -0.39 is 0 Å². The molecule has 0 bridgehead atoms. The van der Waals surface area contributed by atoms with Crippen LogP contribution >= 0.6 is 0 Å². The third-order valence-electron chi connectivity index (χ3n) is 7.51. The molecule has 0 amide bonds. The maximum atomic E-state index is 8.86. The topological polar surface area (TPSA) is 32.8 Å². The van der Waals surface area contributed by atoms with Crippen LogP contribution < -0.4 is 0 Å². The molecule has 1 heterocycles. The maximum absolute atomic E-state index is 8.86. The molecule has 7 unspecified atom stereocenters. The van der Waals surface area contributed by atoms with Crippen LogP contribution in [0.5, 0.6) is 0 Å². The zero-order chi connectivity index (χ0) is 22.4. The minimum atomic E-state index is 0.358. The van der Waals surface area contributed by atoms with E-state index in [4.69, 9.17) is 9.84 Å². The van der Waals surface area contributed by atoms with Crippen LogP contribution in [-0.4, -0.2) is 23.9 Å². The van der Waals surface area contributed by atoms with Crippen molar-refractivity contribution in [3.63, 3.8) is 0 Å². The average molecular weight is 425 g/mol. The molecule has 0 spiro atoms. The quantitative estimate of drug-likeness (QED) is 0.157. The number of aliphatic hydroxyl groups excluding tert-OH is 1. The van der Waals surface area contributed by atoms with Gasteiger partial charge in [-0.05, 0) is 55.3 Å². The third kappa shape index (κ3) is 13.4. The van der Waals surface area contributed by atoms with Crippen molar-refractivity contribution in [1.29, 1.82) is 0 Å². The first-order valence-electron chi connectivity index (χ1n) is 13.6. The lowest BCUT2D eigenvalue weighted by Crippen LogP contribution is -2.09. The molecule has 1 fully saturated rings. The van der Waals surface area contributed by atoms with E-state index in [9.17, 15) is 0 Å². The molecule has 1 rings (SSSR count). The van der Waals surface area contributed by atoms with E-state index in [0.29, 0.717) is 18.8 Å². The Balaban J connectivity index is 2.01. The van der Waals surface area contributed by atoms with Gasteiger partial charge in [0.1, 0.15) is 0 Å². The lowest BCUT2D eigenvalue weighted by Gasteiger charge is -2.19. The fourth-order valence-electron chi connectivity index (χ4n) is 5.46. The number of aliphatic hydroxyl groups is 1. The molecule has 1 aliphatic rings. The summed E-state index contributed by atoms with van der Waals surface area (Å²) in [5, 5.41) is 8.86. The fraction of sp³-hybridized carbons (Fsp3) is 1.00. The Hall–Kier alpha value is -0.0800. The van der Waals surface area contributed by atoms with Crippen molar-refractivity contribution >= 4 is 0 Å². The van der Waals surface area contributed by atoms with Crippen LogP contribution in [0.4, 0.5) is 0 Å². The summed E-state index contributed by atoms with van der Waals surface area (Å²) < 4.78 is 5.96. The second-order valence-electron chi connectivity index (χ2n) is 11.2. The number of unbranched alkanes of at least 4 members (excludes halogenated alkanes) is 2. The van der Waals surface area contributed by atoms with E-state index in [0.717, 1.165) is 36.0 Å². The number of hydrogen-bond donors (Lipinski definition) is 1. The number of rotatable bonds is 20. The van der Waals surface area contributed by atoms with E-state index in [1.165, 1.54) is 83.5 Å². The predicted octanol–water partition coefficient (Wildman–Crippen LogP) is 8.41. The van der Waals surface area contributed by atoms with Crippen LogP contribution in [0.3, 0.4) is 0 Å². The molecule has 30 heavy (non-hydrogen) atoms. The van der Waals surface area contributed by atoms with Crippen molar-refractivity contribution in [2.24, 2.45) is 29.6 Å². The van der Waals surface area contributed by atoms with Crippen molar-refractivity contribution < 1.29 is 9.84 Å². The van der Waals surface area contributed by atoms with Crippen molar-refractivity contribution in [3.8, 4) is 0 Å². The second kappa shape index (κ2) is 16.5. The molecule has 0 aromatic heterocycles.